The molecule has 0 radical (unpaired) electrons. The molecular formula is C20H19F3N2O5. The Morgan fingerprint density at radius 3 is 2.40 bits per heavy atom. The third kappa shape index (κ3) is 6.80. The number of nitrogens with one attached hydrogen (secondary N) is 2. The Labute approximate surface area is 170 Å². The molecule has 0 unspecified atom stereocenters. The van der Waals surface area contributed by atoms with Crippen LogP contribution in [0, 0.1) is 0 Å². The molecule has 0 saturated heterocycles. The summed E-state index contributed by atoms with van der Waals surface area (Å²) in [5.74, 6) is -1.54. The summed E-state index contributed by atoms with van der Waals surface area (Å²) in [5.41, 5.74) is -0.112. The number of alkyl halides is 3. The molecule has 2 aromatic rings. The molecule has 0 spiro atoms. The van der Waals surface area contributed by atoms with Crippen molar-refractivity contribution >= 4 is 29.2 Å². The third-order valence-corrected chi connectivity index (χ3v) is 3.76. The summed E-state index contributed by atoms with van der Waals surface area (Å²) < 4.78 is 48.1. The molecule has 2 aromatic carbocycles. The Kier molecular flexibility index (Phi) is 7.40. The van der Waals surface area contributed by atoms with E-state index in [9.17, 15) is 27.6 Å². The Balaban J connectivity index is 1.94. The average Bonchev–Trinajstić information content (AvgIpc) is 2.66. The zero-order chi connectivity index (χ0) is 22.3. The molecule has 10 heteroatoms. The van der Waals surface area contributed by atoms with Gasteiger partial charge in [0.15, 0.2) is 6.61 Å². The van der Waals surface area contributed by atoms with Crippen molar-refractivity contribution in [1.29, 1.82) is 0 Å². The first-order valence-electron chi connectivity index (χ1n) is 8.65. The Bertz CT molecular complexity index is 944. The zero-order valence-electron chi connectivity index (χ0n) is 16.1. The first kappa shape index (κ1) is 22.7. The Morgan fingerprint density at radius 1 is 1.03 bits per heavy atom. The van der Waals surface area contributed by atoms with E-state index in [1.54, 1.807) is 6.07 Å². The second kappa shape index (κ2) is 9.77. The second-order valence-corrected chi connectivity index (χ2v) is 6.18. The van der Waals surface area contributed by atoms with Crippen LogP contribution in [0.5, 0.6) is 5.75 Å². The number of amides is 2. The monoisotopic (exact) mass is 424 g/mol. The van der Waals surface area contributed by atoms with Crippen LogP contribution < -0.4 is 15.4 Å². The van der Waals surface area contributed by atoms with E-state index in [4.69, 9.17) is 9.47 Å². The fourth-order valence-corrected chi connectivity index (χ4v) is 2.49. The summed E-state index contributed by atoms with van der Waals surface area (Å²) in [5, 5.41) is 5.03. The lowest BCUT2D eigenvalue weighted by Crippen LogP contribution is -2.22. The highest BCUT2D eigenvalue weighted by Crippen LogP contribution is 2.30. The van der Waals surface area contributed by atoms with E-state index in [0.717, 1.165) is 12.1 Å². The van der Waals surface area contributed by atoms with Gasteiger partial charge in [-0.05, 0) is 29.8 Å². The molecule has 0 fully saturated rings. The van der Waals surface area contributed by atoms with E-state index in [1.165, 1.54) is 38.3 Å². The van der Waals surface area contributed by atoms with Crippen molar-refractivity contribution in [2.45, 2.75) is 19.5 Å². The van der Waals surface area contributed by atoms with Crippen molar-refractivity contribution in [3.8, 4) is 5.75 Å². The number of esters is 1. The molecule has 0 atom stereocenters. The molecule has 0 aliphatic carbocycles. The Hall–Kier alpha value is -3.56. The van der Waals surface area contributed by atoms with Crippen molar-refractivity contribution < 1.29 is 37.0 Å². The quantitative estimate of drug-likeness (QED) is 0.665. The van der Waals surface area contributed by atoms with E-state index < -0.39 is 36.6 Å². The summed E-state index contributed by atoms with van der Waals surface area (Å²) in [6.45, 7) is 0.678. The maximum absolute atomic E-state index is 12.7. The fraction of sp³-hybridized carbons (Fsp3) is 0.250. The van der Waals surface area contributed by atoms with Crippen LogP contribution in [0.1, 0.15) is 18.1 Å². The summed E-state index contributed by atoms with van der Waals surface area (Å²) in [6, 6.07) is 8.85. The smallest absolute Gasteiger partial charge is 0.416 e. The van der Waals surface area contributed by atoms with E-state index in [2.05, 4.69) is 10.6 Å². The van der Waals surface area contributed by atoms with Gasteiger partial charge in [0.25, 0.3) is 5.91 Å². The van der Waals surface area contributed by atoms with Crippen LogP contribution in [0.4, 0.5) is 24.5 Å². The number of methoxy groups -OCH3 is 1. The lowest BCUT2D eigenvalue weighted by molar-refractivity contribution is -0.146. The number of hydrogen-bond acceptors (Lipinski definition) is 5. The fourth-order valence-electron chi connectivity index (χ4n) is 2.49. The minimum Gasteiger partial charge on any atom is -0.495 e. The molecule has 2 N–H and O–H groups in total. The molecule has 7 nitrogen and oxygen atoms in total. The summed E-state index contributed by atoms with van der Waals surface area (Å²) in [7, 11) is 1.39. The standard InChI is InChI=1S/C20H19F3N2O5/c1-12(26)24-15-6-7-17(29-2)16(10-15)25-18(27)11-30-19(28)9-13-4-3-5-14(8-13)20(21,22)23/h3-8,10H,9,11H2,1-2H3,(H,24,26)(H,25,27). The van der Waals surface area contributed by atoms with Gasteiger partial charge >= 0.3 is 12.1 Å². The van der Waals surface area contributed by atoms with Gasteiger partial charge in [0, 0.05) is 12.6 Å². The molecule has 0 bridgehead atoms. The largest absolute Gasteiger partial charge is 0.495 e. The number of ether oxygens (including phenoxy) is 2. The Morgan fingerprint density at radius 2 is 1.77 bits per heavy atom. The lowest BCUT2D eigenvalue weighted by Gasteiger charge is -2.13. The number of carbonyl (C=O) groups is 3. The van der Waals surface area contributed by atoms with Crippen LogP contribution >= 0.6 is 0 Å². The highest BCUT2D eigenvalue weighted by Gasteiger charge is 2.30. The molecule has 0 heterocycles. The molecular weight excluding hydrogens is 405 g/mol. The number of hydrogen-bond donors (Lipinski definition) is 2. The first-order valence-corrected chi connectivity index (χ1v) is 8.65. The summed E-state index contributed by atoms with van der Waals surface area (Å²) >= 11 is 0. The van der Waals surface area contributed by atoms with Crippen LogP contribution in [0.3, 0.4) is 0 Å². The summed E-state index contributed by atoms with van der Waals surface area (Å²) in [4.78, 5) is 35.1. The van der Waals surface area contributed by atoms with Crippen molar-refractivity contribution in [1.82, 2.24) is 0 Å². The lowest BCUT2D eigenvalue weighted by atomic mass is 10.1. The first-order chi connectivity index (χ1) is 14.1. The van der Waals surface area contributed by atoms with Crippen LogP contribution in [-0.4, -0.2) is 31.5 Å². The minimum absolute atomic E-state index is 0.111. The maximum atomic E-state index is 12.7. The van der Waals surface area contributed by atoms with E-state index in [1.807, 2.05) is 0 Å². The number of carbonyl (C=O) groups excluding carboxylic acids is 3. The maximum Gasteiger partial charge on any atom is 0.416 e. The van der Waals surface area contributed by atoms with Gasteiger partial charge in [0.2, 0.25) is 5.91 Å². The predicted molar refractivity (Wildman–Crippen MR) is 102 cm³/mol. The molecule has 30 heavy (non-hydrogen) atoms. The molecule has 0 saturated carbocycles. The highest BCUT2D eigenvalue weighted by molar-refractivity contribution is 5.96. The van der Waals surface area contributed by atoms with Gasteiger partial charge in [0.05, 0.1) is 24.8 Å². The summed E-state index contributed by atoms with van der Waals surface area (Å²) in [6.07, 6.45) is -4.94. The molecule has 0 aliphatic rings. The van der Waals surface area contributed by atoms with Gasteiger partial charge < -0.3 is 20.1 Å². The van der Waals surface area contributed by atoms with Gasteiger partial charge in [-0.25, -0.2) is 0 Å². The molecule has 160 valence electrons. The number of halogens is 3. The number of rotatable bonds is 7. The van der Waals surface area contributed by atoms with Crippen molar-refractivity contribution in [3.63, 3.8) is 0 Å². The van der Waals surface area contributed by atoms with E-state index in [-0.39, 0.29) is 17.2 Å². The molecule has 0 aromatic heterocycles. The van der Waals surface area contributed by atoms with Crippen molar-refractivity contribution in [2.75, 3.05) is 24.4 Å². The zero-order valence-corrected chi connectivity index (χ0v) is 16.1. The van der Waals surface area contributed by atoms with Gasteiger partial charge in [-0.1, -0.05) is 18.2 Å². The predicted octanol–water partition coefficient (Wildman–Crippen LogP) is 3.40. The normalized spacial score (nSPS) is 10.8. The van der Waals surface area contributed by atoms with Crippen LogP contribution in [0.2, 0.25) is 0 Å². The van der Waals surface area contributed by atoms with Gasteiger partial charge in [-0.15, -0.1) is 0 Å². The topological polar surface area (TPSA) is 93.7 Å². The molecule has 2 rings (SSSR count). The van der Waals surface area contributed by atoms with Crippen LogP contribution in [-0.2, 0) is 31.7 Å². The van der Waals surface area contributed by atoms with Crippen LogP contribution in [0.15, 0.2) is 42.5 Å². The minimum atomic E-state index is -4.52. The number of benzene rings is 2. The van der Waals surface area contributed by atoms with Crippen LogP contribution in [0.25, 0.3) is 0 Å². The van der Waals surface area contributed by atoms with Crippen molar-refractivity contribution in [2.24, 2.45) is 0 Å². The molecule has 0 aliphatic heterocycles. The van der Waals surface area contributed by atoms with Gasteiger partial charge in [-0.2, -0.15) is 13.2 Å². The average molecular weight is 424 g/mol. The second-order valence-electron chi connectivity index (χ2n) is 6.18. The van der Waals surface area contributed by atoms with E-state index in [0.29, 0.717) is 11.4 Å². The SMILES string of the molecule is COc1ccc(NC(C)=O)cc1NC(=O)COC(=O)Cc1cccc(C(F)(F)F)c1. The van der Waals surface area contributed by atoms with Gasteiger partial charge in [0.1, 0.15) is 5.75 Å². The highest BCUT2D eigenvalue weighted by atomic mass is 19.4. The van der Waals surface area contributed by atoms with Gasteiger partial charge in [-0.3, -0.25) is 14.4 Å². The molecule has 2 amide bonds. The third-order valence-electron chi connectivity index (χ3n) is 3.76. The number of anilines is 2. The van der Waals surface area contributed by atoms with Crippen molar-refractivity contribution in [3.05, 3.63) is 53.6 Å². The van der Waals surface area contributed by atoms with E-state index >= 15 is 0 Å².